The van der Waals surface area contributed by atoms with Crippen molar-refractivity contribution in [2.45, 2.75) is 26.9 Å². The van der Waals surface area contributed by atoms with Crippen molar-refractivity contribution in [1.29, 1.82) is 0 Å². The maximum atomic E-state index is 12.0. The molecule has 1 amide bonds. The van der Waals surface area contributed by atoms with E-state index in [1.807, 2.05) is 13.8 Å². The molecule has 1 rings (SSSR count). The molecular weight excluding hydrogens is 338 g/mol. The highest BCUT2D eigenvalue weighted by Gasteiger charge is 2.19. The first-order valence-corrected chi connectivity index (χ1v) is 7.46. The van der Waals surface area contributed by atoms with Crippen molar-refractivity contribution < 1.29 is 19.1 Å². The number of esters is 1. The lowest BCUT2D eigenvalue weighted by atomic mass is 10.2. The molecule has 0 aliphatic heterocycles. The lowest BCUT2D eigenvalue weighted by Gasteiger charge is -2.15. The zero-order valence-electron chi connectivity index (χ0n) is 12.6. The third-order valence-corrected chi connectivity index (χ3v) is 3.34. The molecule has 0 fully saturated rings. The van der Waals surface area contributed by atoms with Crippen molar-refractivity contribution in [2.75, 3.05) is 13.7 Å². The van der Waals surface area contributed by atoms with Crippen molar-refractivity contribution in [1.82, 2.24) is 5.32 Å². The van der Waals surface area contributed by atoms with E-state index in [-0.39, 0.29) is 5.91 Å². The zero-order valence-corrected chi connectivity index (χ0v) is 14.2. The van der Waals surface area contributed by atoms with Gasteiger partial charge in [-0.2, -0.15) is 0 Å². The van der Waals surface area contributed by atoms with Gasteiger partial charge in [0.25, 0.3) is 5.91 Å². The molecule has 0 aliphatic carbocycles. The lowest BCUT2D eigenvalue weighted by molar-refractivity contribution is -0.129. The molecule has 6 heteroatoms. The summed E-state index contributed by atoms with van der Waals surface area (Å²) in [7, 11) is 1.54. The molecule has 0 bridgehead atoms. The Kier molecular flexibility index (Phi) is 6.68. The van der Waals surface area contributed by atoms with Crippen LogP contribution in [0.15, 0.2) is 22.7 Å². The molecule has 1 aromatic rings. The van der Waals surface area contributed by atoms with E-state index in [9.17, 15) is 9.59 Å². The average Bonchev–Trinajstić information content (AvgIpc) is 2.44. The second-order valence-electron chi connectivity index (χ2n) is 5.04. The van der Waals surface area contributed by atoms with E-state index < -0.39 is 12.1 Å². The smallest absolute Gasteiger partial charge is 0.338 e. The largest absolute Gasteiger partial charge is 0.496 e. The number of carbonyl (C=O) groups is 2. The summed E-state index contributed by atoms with van der Waals surface area (Å²) in [6, 6.07) is 4.84. The fourth-order valence-electron chi connectivity index (χ4n) is 1.52. The minimum Gasteiger partial charge on any atom is -0.496 e. The molecule has 0 saturated carbocycles. The minimum atomic E-state index is -0.836. The van der Waals surface area contributed by atoms with E-state index in [4.69, 9.17) is 9.47 Å². The summed E-state index contributed by atoms with van der Waals surface area (Å²) in [5.74, 6) is 0.110. The van der Waals surface area contributed by atoms with Crippen LogP contribution >= 0.6 is 15.9 Å². The number of rotatable bonds is 6. The standard InChI is InChI=1S/C15H20BrNO4/c1-9(2)8-17-14(18)10(3)21-15(19)11-5-6-13(20-4)12(16)7-11/h5-7,9-10H,8H2,1-4H3,(H,17,18)/t10-/m0/s1. The van der Waals surface area contributed by atoms with Crippen LogP contribution in [0.5, 0.6) is 5.75 Å². The van der Waals surface area contributed by atoms with E-state index in [2.05, 4.69) is 21.2 Å². The number of benzene rings is 1. The van der Waals surface area contributed by atoms with Crippen molar-refractivity contribution in [2.24, 2.45) is 5.92 Å². The number of hydrogen-bond acceptors (Lipinski definition) is 4. The summed E-state index contributed by atoms with van der Waals surface area (Å²) < 4.78 is 10.9. The molecule has 116 valence electrons. The summed E-state index contributed by atoms with van der Waals surface area (Å²) in [6.07, 6.45) is -0.836. The van der Waals surface area contributed by atoms with Gasteiger partial charge in [0.05, 0.1) is 17.1 Å². The third kappa shape index (κ3) is 5.38. The number of halogens is 1. The maximum Gasteiger partial charge on any atom is 0.338 e. The number of amides is 1. The monoisotopic (exact) mass is 357 g/mol. The van der Waals surface area contributed by atoms with E-state index in [1.165, 1.54) is 0 Å². The van der Waals surface area contributed by atoms with Gasteiger partial charge in [-0.1, -0.05) is 13.8 Å². The number of nitrogens with one attached hydrogen (secondary N) is 1. The maximum absolute atomic E-state index is 12.0. The Balaban J connectivity index is 2.64. The average molecular weight is 358 g/mol. The Morgan fingerprint density at radius 1 is 1.29 bits per heavy atom. The summed E-state index contributed by atoms with van der Waals surface area (Å²) in [6.45, 7) is 6.08. The van der Waals surface area contributed by atoms with Gasteiger partial charge in [-0.25, -0.2) is 4.79 Å². The number of carbonyl (C=O) groups excluding carboxylic acids is 2. The number of hydrogen-bond donors (Lipinski definition) is 1. The van der Waals surface area contributed by atoms with Gasteiger partial charge in [0, 0.05) is 6.54 Å². The summed E-state index contributed by atoms with van der Waals surface area (Å²) in [5, 5.41) is 2.72. The highest BCUT2D eigenvalue weighted by molar-refractivity contribution is 9.10. The molecule has 0 aromatic heterocycles. The molecule has 21 heavy (non-hydrogen) atoms. The van der Waals surface area contributed by atoms with Crippen LogP contribution in [0.4, 0.5) is 0 Å². The summed E-state index contributed by atoms with van der Waals surface area (Å²) in [4.78, 5) is 23.7. The number of methoxy groups -OCH3 is 1. The fraction of sp³-hybridized carbons (Fsp3) is 0.467. The summed E-state index contributed by atoms with van der Waals surface area (Å²) >= 11 is 3.30. The second kappa shape index (κ2) is 8.02. The quantitative estimate of drug-likeness (QED) is 0.795. The highest BCUT2D eigenvalue weighted by Crippen LogP contribution is 2.25. The predicted molar refractivity (Wildman–Crippen MR) is 83.4 cm³/mol. The third-order valence-electron chi connectivity index (χ3n) is 2.73. The SMILES string of the molecule is COc1ccc(C(=O)O[C@@H](C)C(=O)NCC(C)C)cc1Br. The molecule has 1 aromatic carbocycles. The molecule has 0 spiro atoms. The molecule has 0 saturated heterocycles. The first-order valence-electron chi connectivity index (χ1n) is 6.67. The molecule has 0 aliphatic rings. The van der Waals surface area contributed by atoms with Crippen molar-refractivity contribution >= 4 is 27.8 Å². The predicted octanol–water partition coefficient (Wildman–Crippen LogP) is 2.78. The van der Waals surface area contributed by atoms with Crippen molar-refractivity contribution in [3.05, 3.63) is 28.2 Å². The molecule has 0 heterocycles. The minimum absolute atomic E-state index is 0.301. The van der Waals surface area contributed by atoms with Gasteiger partial charge in [0.15, 0.2) is 6.10 Å². The van der Waals surface area contributed by atoms with Gasteiger partial charge in [-0.05, 0) is 47.0 Å². The van der Waals surface area contributed by atoms with Crippen LogP contribution in [0.2, 0.25) is 0 Å². The van der Waals surface area contributed by atoms with Crippen LogP contribution in [0.1, 0.15) is 31.1 Å². The zero-order chi connectivity index (χ0) is 16.0. The van der Waals surface area contributed by atoms with Crippen LogP contribution in [0.3, 0.4) is 0 Å². The Morgan fingerprint density at radius 2 is 1.95 bits per heavy atom. The first kappa shape index (κ1) is 17.5. The van der Waals surface area contributed by atoms with Gasteiger partial charge in [-0.3, -0.25) is 4.79 Å². The fourth-order valence-corrected chi connectivity index (χ4v) is 2.06. The Labute approximate surface area is 133 Å². The topological polar surface area (TPSA) is 64.6 Å². The molecule has 1 atom stereocenters. The van der Waals surface area contributed by atoms with Gasteiger partial charge in [-0.15, -0.1) is 0 Å². The van der Waals surface area contributed by atoms with Gasteiger partial charge in [0.1, 0.15) is 5.75 Å². The van der Waals surface area contributed by atoms with Gasteiger partial charge in [0.2, 0.25) is 0 Å². The van der Waals surface area contributed by atoms with Gasteiger partial charge < -0.3 is 14.8 Å². The highest BCUT2D eigenvalue weighted by atomic mass is 79.9. The molecule has 0 unspecified atom stereocenters. The van der Waals surface area contributed by atoms with E-state index in [0.29, 0.717) is 28.2 Å². The molecule has 1 N–H and O–H groups in total. The molecule has 0 radical (unpaired) electrons. The van der Waals surface area contributed by atoms with E-state index >= 15 is 0 Å². The Bertz CT molecular complexity index is 516. The normalized spacial score (nSPS) is 11.9. The molecular formula is C15H20BrNO4. The molecule has 5 nitrogen and oxygen atoms in total. The lowest BCUT2D eigenvalue weighted by Crippen LogP contribution is -2.37. The van der Waals surface area contributed by atoms with E-state index in [1.54, 1.807) is 32.2 Å². The van der Waals surface area contributed by atoms with Crippen molar-refractivity contribution in [3.8, 4) is 5.75 Å². The van der Waals surface area contributed by atoms with Crippen molar-refractivity contribution in [3.63, 3.8) is 0 Å². The first-order chi connectivity index (χ1) is 9.85. The van der Waals surface area contributed by atoms with Gasteiger partial charge >= 0.3 is 5.97 Å². The van der Waals surface area contributed by atoms with Crippen LogP contribution < -0.4 is 10.1 Å². The summed E-state index contributed by atoms with van der Waals surface area (Å²) in [5.41, 5.74) is 0.353. The van der Waals surface area contributed by atoms with Crippen LogP contribution in [0.25, 0.3) is 0 Å². The van der Waals surface area contributed by atoms with Crippen LogP contribution in [0, 0.1) is 5.92 Å². The van der Waals surface area contributed by atoms with Crippen LogP contribution in [-0.4, -0.2) is 31.6 Å². The Hall–Kier alpha value is -1.56. The van der Waals surface area contributed by atoms with E-state index in [0.717, 1.165) is 0 Å². The van der Waals surface area contributed by atoms with Crippen LogP contribution in [-0.2, 0) is 9.53 Å². The number of ether oxygens (including phenoxy) is 2. The second-order valence-corrected chi connectivity index (χ2v) is 5.89. The Morgan fingerprint density at radius 3 is 2.48 bits per heavy atom.